The van der Waals surface area contributed by atoms with Crippen LogP contribution in [-0.4, -0.2) is 16.0 Å². The summed E-state index contributed by atoms with van der Waals surface area (Å²) in [5, 5.41) is 3.68. The molecule has 0 aliphatic heterocycles. The Labute approximate surface area is 103 Å². The molecule has 2 unspecified atom stereocenters. The minimum atomic E-state index is 0.284. The summed E-state index contributed by atoms with van der Waals surface area (Å²) in [5.41, 5.74) is 0. The van der Waals surface area contributed by atoms with Crippen molar-refractivity contribution < 1.29 is 0 Å². The van der Waals surface area contributed by atoms with E-state index in [-0.39, 0.29) is 5.28 Å². The third-order valence-electron chi connectivity index (χ3n) is 2.75. The summed E-state index contributed by atoms with van der Waals surface area (Å²) in [4.78, 5) is 8.05. The Kier molecular flexibility index (Phi) is 3.46. The van der Waals surface area contributed by atoms with Crippen molar-refractivity contribution in [3.63, 3.8) is 0 Å². The van der Waals surface area contributed by atoms with Crippen LogP contribution in [0.2, 0.25) is 5.28 Å². The highest BCUT2D eigenvalue weighted by Crippen LogP contribution is 2.29. The summed E-state index contributed by atoms with van der Waals surface area (Å²) in [5.74, 6) is 1.60. The molecule has 0 spiro atoms. The number of anilines is 1. The minimum absolute atomic E-state index is 0.284. The van der Waals surface area contributed by atoms with E-state index in [4.69, 9.17) is 11.6 Å². The Bertz CT molecular complexity index is 359. The summed E-state index contributed by atoms with van der Waals surface area (Å²) in [6, 6.07) is 0.516. The van der Waals surface area contributed by atoms with Crippen molar-refractivity contribution in [2.45, 2.75) is 32.2 Å². The first-order valence-corrected chi connectivity index (χ1v) is 6.27. The smallest absolute Gasteiger partial charge is 0.224 e. The maximum atomic E-state index is 5.75. The minimum Gasteiger partial charge on any atom is -0.366 e. The monoisotopic (exact) mass is 289 g/mol. The Balaban J connectivity index is 2.07. The van der Waals surface area contributed by atoms with Gasteiger partial charge in [-0.05, 0) is 52.7 Å². The molecule has 1 heterocycles. The van der Waals surface area contributed by atoms with E-state index in [9.17, 15) is 0 Å². The van der Waals surface area contributed by atoms with E-state index in [0.717, 1.165) is 16.2 Å². The van der Waals surface area contributed by atoms with Gasteiger partial charge in [0.05, 0.1) is 4.47 Å². The fourth-order valence-corrected chi connectivity index (χ4v) is 2.42. The van der Waals surface area contributed by atoms with Gasteiger partial charge in [0.15, 0.2) is 0 Å². The molecule has 5 heteroatoms. The second kappa shape index (κ2) is 4.66. The summed E-state index contributed by atoms with van der Waals surface area (Å²) in [6.45, 7) is 2.28. The molecule has 15 heavy (non-hydrogen) atoms. The summed E-state index contributed by atoms with van der Waals surface area (Å²) >= 11 is 9.15. The van der Waals surface area contributed by atoms with Gasteiger partial charge < -0.3 is 5.32 Å². The highest BCUT2D eigenvalue weighted by atomic mass is 79.9. The van der Waals surface area contributed by atoms with Gasteiger partial charge >= 0.3 is 0 Å². The topological polar surface area (TPSA) is 37.8 Å². The molecule has 3 nitrogen and oxygen atoms in total. The number of hydrogen-bond donors (Lipinski definition) is 1. The summed E-state index contributed by atoms with van der Waals surface area (Å²) in [7, 11) is 0. The molecule has 0 amide bonds. The van der Waals surface area contributed by atoms with E-state index >= 15 is 0 Å². The molecule has 1 saturated carbocycles. The van der Waals surface area contributed by atoms with Crippen LogP contribution in [0.4, 0.5) is 5.82 Å². The zero-order chi connectivity index (χ0) is 10.8. The molecule has 1 aromatic rings. The van der Waals surface area contributed by atoms with Crippen molar-refractivity contribution in [1.29, 1.82) is 0 Å². The van der Waals surface area contributed by atoms with Crippen LogP contribution in [0.3, 0.4) is 0 Å². The zero-order valence-electron chi connectivity index (χ0n) is 8.50. The van der Waals surface area contributed by atoms with E-state index in [2.05, 4.69) is 38.1 Å². The molecule has 2 atom stereocenters. The lowest BCUT2D eigenvalue weighted by Crippen LogP contribution is -2.16. The van der Waals surface area contributed by atoms with Gasteiger partial charge in [-0.25, -0.2) is 4.98 Å². The highest BCUT2D eigenvalue weighted by molar-refractivity contribution is 9.10. The van der Waals surface area contributed by atoms with Gasteiger partial charge in [-0.2, -0.15) is 4.98 Å². The number of nitrogens with one attached hydrogen (secondary N) is 1. The Morgan fingerprint density at radius 1 is 1.53 bits per heavy atom. The molecular formula is C10H13BrClN3. The maximum absolute atomic E-state index is 5.75. The van der Waals surface area contributed by atoms with E-state index < -0.39 is 0 Å². The van der Waals surface area contributed by atoms with Gasteiger partial charge in [0.2, 0.25) is 5.28 Å². The Morgan fingerprint density at radius 3 is 3.00 bits per heavy atom. The van der Waals surface area contributed by atoms with Crippen LogP contribution in [0.5, 0.6) is 0 Å². The van der Waals surface area contributed by atoms with Gasteiger partial charge in [-0.3, -0.25) is 0 Å². The number of rotatable bonds is 2. The lowest BCUT2D eigenvalue weighted by Gasteiger charge is -2.14. The first-order chi connectivity index (χ1) is 7.15. The number of halogens is 2. The normalized spacial score (nSPS) is 25.5. The second-order valence-electron chi connectivity index (χ2n) is 4.10. The molecule has 82 valence electrons. The Morgan fingerprint density at radius 2 is 2.33 bits per heavy atom. The molecule has 0 bridgehead atoms. The first-order valence-electron chi connectivity index (χ1n) is 5.09. The van der Waals surface area contributed by atoms with Gasteiger partial charge in [-0.15, -0.1) is 0 Å². The highest BCUT2D eigenvalue weighted by Gasteiger charge is 2.22. The molecule has 0 saturated heterocycles. The van der Waals surface area contributed by atoms with Crippen molar-refractivity contribution in [3.05, 3.63) is 16.0 Å². The molecule has 0 radical (unpaired) electrons. The van der Waals surface area contributed by atoms with Crippen molar-refractivity contribution in [3.8, 4) is 0 Å². The predicted octanol–water partition coefficient (Wildman–Crippen LogP) is 3.49. The summed E-state index contributed by atoms with van der Waals surface area (Å²) < 4.78 is 0.867. The standard InChI is InChI=1S/C10H13BrClN3/c1-6-2-3-7(4-6)14-9-8(11)5-13-10(12)15-9/h5-7H,2-4H2,1H3,(H,13,14,15). The van der Waals surface area contributed by atoms with Gasteiger partial charge in [0, 0.05) is 12.2 Å². The average Bonchev–Trinajstić information content (AvgIpc) is 2.58. The molecule has 1 aliphatic carbocycles. The van der Waals surface area contributed by atoms with Crippen molar-refractivity contribution in [1.82, 2.24) is 9.97 Å². The lowest BCUT2D eigenvalue weighted by atomic mass is 10.1. The van der Waals surface area contributed by atoms with Crippen molar-refractivity contribution >= 4 is 33.3 Å². The average molecular weight is 291 g/mol. The SMILES string of the molecule is CC1CCC(Nc2nc(Cl)ncc2Br)C1. The molecule has 1 aliphatic rings. The van der Waals surface area contributed by atoms with Gasteiger partial charge in [0.1, 0.15) is 5.82 Å². The van der Waals surface area contributed by atoms with E-state index in [0.29, 0.717) is 6.04 Å². The fourth-order valence-electron chi connectivity index (χ4n) is 1.98. The second-order valence-corrected chi connectivity index (χ2v) is 5.29. The van der Waals surface area contributed by atoms with Crippen LogP contribution in [0.15, 0.2) is 10.7 Å². The fraction of sp³-hybridized carbons (Fsp3) is 0.600. The molecular weight excluding hydrogens is 277 g/mol. The first kappa shape index (κ1) is 11.1. The van der Waals surface area contributed by atoms with Crippen LogP contribution < -0.4 is 5.32 Å². The maximum Gasteiger partial charge on any atom is 0.224 e. The van der Waals surface area contributed by atoms with Crippen LogP contribution in [-0.2, 0) is 0 Å². The van der Waals surface area contributed by atoms with Crippen LogP contribution in [0.25, 0.3) is 0 Å². The largest absolute Gasteiger partial charge is 0.366 e. The molecule has 0 aromatic carbocycles. The van der Waals surface area contributed by atoms with Crippen LogP contribution in [0.1, 0.15) is 26.2 Å². The van der Waals surface area contributed by atoms with Crippen molar-refractivity contribution in [2.75, 3.05) is 5.32 Å². The van der Waals surface area contributed by atoms with E-state index in [1.54, 1.807) is 6.20 Å². The van der Waals surface area contributed by atoms with E-state index in [1.165, 1.54) is 19.3 Å². The van der Waals surface area contributed by atoms with Crippen LogP contribution in [0, 0.1) is 5.92 Å². The number of nitrogens with zero attached hydrogens (tertiary/aromatic N) is 2. The van der Waals surface area contributed by atoms with Gasteiger partial charge in [-0.1, -0.05) is 6.92 Å². The summed E-state index contributed by atoms with van der Waals surface area (Å²) in [6.07, 6.45) is 5.37. The predicted molar refractivity (Wildman–Crippen MR) is 65.2 cm³/mol. The van der Waals surface area contributed by atoms with Crippen LogP contribution >= 0.6 is 27.5 Å². The number of aromatic nitrogens is 2. The third-order valence-corrected chi connectivity index (χ3v) is 3.51. The molecule has 1 fully saturated rings. The van der Waals surface area contributed by atoms with Gasteiger partial charge in [0.25, 0.3) is 0 Å². The zero-order valence-corrected chi connectivity index (χ0v) is 10.8. The van der Waals surface area contributed by atoms with Crippen molar-refractivity contribution in [2.24, 2.45) is 5.92 Å². The molecule has 2 rings (SSSR count). The quantitative estimate of drug-likeness (QED) is 0.847. The molecule has 1 aromatic heterocycles. The molecule has 1 N–H and O–H groups in total. The number of hydrogen-bond acceptors (Lipinski definition) is 3. The Hall–Kier alpha value is -0.350. The van der Waals surface area contributed by atoms with E-state index in [1.807, 2.05) is 0 Å². The third kappa shape index (κ3) is 2.82. The lowest BCUT2D eigenvalue weighted by molar-refractivity contribution is 0.602.